The van der Waals surface area contributed by atoms with Crippen molar-refractivity contribution < 1.29 is 9.53 Å². The maximum atomic E-state index is 12.6. The number of carbonyl (C=O) groups is 1. The van der Waals surface area contributed by atoms with Gasteiger partial charge in [-0.05, 0) is 24.1 Å². The average Bonchev–Trinajstić information content (AvgIpc) is 2.68. The first-order valence-electron chi connectivity index (χ1n) is 8.41. The molecule has 7 heteroatoms. The number of nitrogens with zero attached hydrogens (tertiary/aromatic N) is 4. The molecule has 136 valence electrons. The molecule has 0 N–H and O–H groups in total. The standard InChI is InChI=1S/C19H21ClN4O2/c1-14(15-5-3-4-6-16(15)20)11-19(25)24-9-7-23(8-10-24)17-12-21-13-18(22-17)26-2/h3-6,11-13H,7-10H2,1-2H3/b14-11-. The third-order valence-corrected chi connectivity index (χ3v) is 4.69. The molecule has 3 rings (SSSR count). The van der Waals surface area contributed by atoms with E-state index in [2.05, 4.69) is 14.9 Å². The zero-order valence-corrected chi connectivity index (χ0v) is 15.6. The summed E-state index contributed by atoms with van der Waals surface area (Å²) in [5, 5.41) is 0.649. The van der Waals surface area contributed by atoms with Crippen LogP contribution in [0.1, 0.15) is 12.5 Å². The molecule has 1 aliphatic rings. The number of benzene rings is 1. The lowest BCUT2D eigenvalue weighted by Crippen LogP contribution is -2.48. The van der Waals surface area contributed by atoms with Crippen molar-refractivity contribution in [3.05, 3.63) is 53.3 Å². The van der Waals surface area contributed by atoms with Gasteiger partial charge in [-0.15, -0.1) is 0 Å². The smallest absolute Gasteiger partial charge is 0.246 e. The lowest BCUT2D eigenvalue weighted by atomic mass is 10.1. The van der Waals surface area contributed by atoms with Gasteiger partial charge in [-0.25, -0.2) is 0 Å². The Kier molecular flexibility index (Phi) is 5.73. The predicted octanol–water partition coefficient (Wildman–Crippen LogP) is 2.89. The number of rotatable bonds is 4. The molecule has 1 aromatic heterocycles. The van der Waals surface area contributed by atoms with Crippen LogP contribution < -0.4 is 9.64 Å². The molecule has 0 atom stereocenters. The highest BCUT2D eigenvalue weighted by Crippen LogP contribution is 2.23. The van der Waals surface area contributed by atoms with Crippen LogP contribution in [0.4, 0.5) is 5.82 Å². The molecule has 2 heterocycles. The minimum absolute atomic E-state index is 0.00111. The van der Waals surface area contributed by atoms with Crippen molar-refractivity contribution in [3.8, 4) is 5.88 Å². The summed E-state index contributed by atoms with van der Waals surface area (Å²) in [4.78, 5) is 25.0. The average molecular weight is 373 g/mol. The second-order valence-corrected chi connectivity index (χ2v) is 6.45. The number of anilines is 1. The van der Waals surface area contributed by atoms with Crippen LogP contribution in [0.5, 0.6) is 5.88 Å². The van der Waals surface area contributed by atoms with E-state index in [4.69, 9.17) is 16.3 Å². The van der Waals surface area contributed by atoms with Crippen LogP contribution in [-0.2, 0) is 4.79 Å². The molecule has 0 aliphatic carbocycles. The van der Waals surface area contributed by atoms with Crippen molar-refractivity contribution in [1.29, 1.82) is 0 Å². The van der Waals surface area contributed by atoms with E-state index in [1.165, 1.54) is 0 Å². The minimum Gasteiger partial charge on any atom is -0.480 e. The summed E-state index contributed by atoms with van der Waals surface area (Å²) < 4.78 is 5.12. The van der Waals surface area contributed by atoms with Crippen molar-refractivity contribution in [3.63, 3.8) is 0 Å². The zero-order chi connectivity index (χ0) is 18.5. The third kappa shape index (κ3) is 4.14. The number of ether oxygens (including phenoxy) is 1. The van der Waals surface area contributed by atoms with Crippen LogP contribution in [0, 0.1) is 0 Å². The summed E-state index contributed by atoms with van der Waals surface area (Å²) in [7, 11) is 1.57. The first kappa shape index (κ1) is 18.2. The van der Waals surface area contributed by atoms with Gasteiger partial charge >= 0.3 is 0 Å². The molecule has 1 fully saturated rings. The predicted molar refractivity (Wildman–Crippen MR) is 102 cm³/mol. The number of piperazine rings is 1. The summed E-state index contributed by atoms with van der Waals surface area (Å²) in [5.74, 6) is 1.25. The van der Waals surface area contributed by atoms with Gasteiger partial charge < -0.3 is 14.5 Å². The molecule has 1 aromatic carbocycles. The van der Waals surface area contributed by atoms with E-state index in [-0.39, 0.29) is 5.91 Å². The summed E-state index contributed by atoms with van der Waals surface area (Å²) in [6.45, 7) is 4.56. The fourth-order valence-electron chi connectivity index (χ4n) is 2.88. The van der Waals surface area contributed by atoms with E-state index in [9.17, 15) is 4.79 Å². The SMILES string of the molecule is COc1cncc(N2CCN(C(=O)/C=C(/C)c3ccccc3Cl)CC2)n1. The molecule has 6 nitrogen and oxygen atoms in total. The Labute approximate surface area is 158 Å². The molecule has 0 bridgehead atoms. The highest BCUT2D eigenvalue weighted by atomic mass is 35.5. The van der Waals surface area contributed by atoms with E-state index < -0.39 is 0 Å². The molecular formula is C19H21ClN4O2. The van der Waals surface area contributed by atoms with Gasteiger partial charge in [0.2, 0.25) is 11.8 Å². The van der Waals surface area contributed by atoms with Crippen molar-refractivity contribution in [2.75, 3.05) is 38.2 Å². The van der Waals surface area contributed by atoms with Gasteiger partial charge in [-0.1, -0.05) is 29.8 Å². The topological polar surface area (TPSA) is 58.6 Å². The van der Waals surface area contributed by atoms with Gasteiger partial charge in [-0.2, -0.15) is 4.98 Å². The Morgan fingerprint density at radius 2 is 1.92 bits per heavy atom. The maximum absolute atomic E-state index is 12.6. The number of amides is 1. The summed E-state index contributed by atoms with van der Waals surface area (Å²) in [5.41, 5.74) is 1.74. The number of hydrogen-bond donors (Lipinski definition) is 0. The molecule has 0 spiro atoms. The molecule has 0 saturated carbocycles. The van der Waals surface area contributed by atoms with E-state index in [0.29, 0.717) is 37.1 Å². The zero-order valence-electron chi connectivity index (χ0n) is 14.9. The largest absolute Gasteiger partial charge is 0.480 e. The van der Waals surface area contributed by atoms with Gasteiger partial charge in [0, 0.05) is 37.3 Å². The van der Waals surface area contributed by atoms with Crippen LogP contribution in [0.2, 0.25) is 5.02 Å². The fraction of sp³-hybridized carbons (Fsp3) is 0.316. The van der Waals surface area contributed by atoms with Gasteiger partial charge in [0.15, 0.2) is 5.82 Å². The molecule has 1 amide bonds. The van der Waals surface area contributed by atoms with Crippen molar-refractivity contribution >= 4 is 28.9 Å². The maximum Gasteiger partial charge on any atom is 0.246 e. The highest BCUT2D eigenvalue weighted by molar-refractivity contribution is 6.32. The van der Waals surface area contributed by atoms with Crippen LogP contribution in [0.25, 0.3) is 5.57 Å². The van der Waals surface area contributed by atoms with E-state index in [1.807, 2.05) is 36.1 Å². The van der Waals surface area contributed by atoms with Gasteiger partial charge in [0.05, 0.1) is 19.5 Å². The Morgan fingerprint density at radius 3 is 2.62 bits per heavy atom. The van der Waals surface area contributed by atoms with Crippen LogP contribution in [0.3, 0.4) is 0 Å². The second-order valence-electron chi connectivity index (χ2n) is 6.04. The number of carbonyl (C=O) groups excluding carboxylic acids is 1. The quantitative estimate of drug-likeness (QED) is 0.772. The lowest BCUT2D eigenvalue weighted by molar-refractivity contribution is -0.126. The van der Waals surface area contributed by atoms with Gasteiger partial charge in [0.25, 0.3) is 0 Å². The van der Waals surface area contributed by atoms with Gasteiger partial charge in [-0.3, -0.25) is 9.78 Å². The Bertz CT molecular complexity index is 817. The fourth-order valence-corrected chi connectivity index (χ4v) is 3.17. The number of aromatic nitrogens is 2. The Morgan fingerprint density at radius 1 is 1.19 bits per heavy atom. The Hall–Kier alpha value is -2.60. The molecule has 26 heavy (non-hydrogen) atoms. The summed E-state index contributed by atoms with van der Waals surface area (Å²) in [6, 6.07) is 7.53. The summed E-state index contributed by atoms with van der Waals surface area (Å²) >= 11 is 6.20. The van der Waals surface area contributed by atoms with Crippen LogP contribution in [0.15, 0.2) is 42.7 Å². The molecule has 2 aromatic rings. The molecule has 1 aliphatic heterocycles. The highest BCUT2D eigenvalue weighted by Gasteiger charge is 2.21. The van der Waals surface area contributed by atoms with Gasteiger partial charge in [0.1, 0.15) is 0 Å². The van der Waals surface area contributed by atoms with Crippen molar-refractivity contribution in [2.45, 2.75) is 6.92 Å². The monoisotopic (exact) mass is 372 g/mol. The number of hydrogen-bond acceptors (Lipinski definition) is 5. The minimum atomic E-state index is -0.00111. The van der Waals surface area contributed by atoms with Crippen LogP contribution >= 0.6 is 11.6 Å². The van der Waals surface area contributed by atoms with E-state index in [1.54, 1.807) is 25.6 Å². The first-order chi connectivity index (χ1) is 12.6. The summed E-state index contributed by atoms with van der Waals surface area (Å²) in [6.07, 6.45) is 4.94. The van der Waals surface area contributed by atoms with Crippen LogP contribution in [-0.4, -0.2) is 54.1 Å². The first-order valence-corrected chi connectivity index (χ1v) is 8.79. The third-order valence-electron chi connectivity index (χ3n) is 4.36. The number of halogens is 1. The molecule has 0 unspecified atom stereocenters. The van der Waals surface area contributed by atoms with E-state index >= 15 is 0 Å². The molecular weight excluding hydrogens is 352 g/mol. The van der Waals surface area contributed by atoms with Crippen molar-refractivity contribution in [1.82, 2.24) is 14.9 Å². The number of methoxy groups -OCH3 is 1. The Balaban J connectivity index is 1.63. The van der Waals surface area contributed by atoms with Crippen molar-refractivity contribution in [2.24, 2.45) is 0 Å². The molecule has 1 saturated heterocycles. The normalized spacial score (nSPS) is 15.1. The lowest BCUT2D eigenvalue weighted by Gasteiger charge is -2.34. The molecule has 0 radical (unpaired) electrons. The second kappa shape index (κ2) is 8.19. The number of allylic oxidation sites excluding steroid dienone is 1. The van der Waals surface area contributed by atoms with E-state index in [0.717, 1.165) is 17.0 Å².